The van der Waals surface area contributed by atoms with E-state index in [1.54, 1.807) is 63.2 Å². The molecule has 0 saturated carbocycles. The van der Waals surface area contributed by atoms with Gasteiger partial charge in [0.05, 0.1) is 0 Å². The fourth-order valence-corrected chi connectivity index (χ4v) is 3.30. The fraction of sp³-hybridized carbons (Fsp3) is 0.304. The third kappa shape index (κ3) is 5.48. The van der Waals surface area contributed by atoms with Crippen molar-refractivity contribution in [1.82, 2.24) is 4.90 Å². The van der Waals surface area contributed by atoms with Gasteiger partial charge in [-0.1, -0.05) is 12.1 Å². The average Bonchev–Trinajstić information content (AvgIpc) is 2.69. The first-order chi connectivity index (χ1) is 14.5. The number of nitrogens with two attached hydrogens (primary N) is 1. The summed E-state index contributed by atoms with van der Waals surface area (Å²) in [6.07, 6.45) is 0.570. The number of nitrogens with one attached hydrogen (secondary N) is 2. The summed E-state index contributed by atoms with van der Waals surface area (Å²) in [5.74, 6) is -1.04. The number of hydrogen-bond donors (Lipinski definition) is 3. The second kappa shape index (κ2) is 8.59. The molecule has 8 heteroatoms. The molecule has 1 aliphatic rings. The summed E-state index contributed by atoms with van der Waals surface area (Å²) in [6.45, 7) is 5.66. The number of benzene rings is 2. The predicted molar refractivity (Wildman–Crippen MR) is 117 cm³/mol. The number of anilines is 1. The number of nitrogens with zero attached hydrogens (tertiary/aromatic N) is 1. The number of carbonyl (C=O) groups excluding carboxylic acids is 3. The van der Waals surface area contributed by atoms with Gasteiger partial charge in [0, 0.05) is 28.9 Å². The lowest BCUT2D eigenvalue weighted by Gasteiger charge is -2.29. The number of amides is 2. The Bertz CT molecular complexity index is 1040. The van der Waals surface area contributed by atoms with Gasteiger partial charge in [0.2, 0.25) is 0 Å². The van der Waals surface area contributed by atoms with Crippen molar-refractivity contribution in [2.75, 3.05) is 18.4 Å². The maximum Gasteiger partial charge on any atom is 0.326 e. The van der Waals surface area contributed by atoms with Gasteiger partial charge in [-0.25, -0.2) is 0 Å². The first-order valence-corrected chi connectivity index (χ1v) is 9.93. The van der Waals surface area contributed by atoms with Gasteiger partial charge in [-0.3, -0.25) is 19.8 Å². The van der Waals surface area contributed by atoms with E-state index in [-0.39, 0.29) is 24.2 Å². The molecule has 2 aromatic carbocycles. The summed E-state index contributed by atoms with van der Waals surface area (Å²) >= 11 is 0. The standard InChI is InChI=1S/C23H26N4O4/c1-23(2,3)31-19(28)13-27-11-10-16-12-17(8-9-18(16)22(27)30)26-21(29)15-6-4-14(5-7-15)20(24)25/h4-9,12H,10-11,13H2,1-3H3,(H3,24,25)(H,26,29). The van der Waals surface area contributed by atoms with Crippen molar-refractivity contribution in [3.05, 3.63) is 64.7 Å². The lowest BCUT2D eigenvalue weighted by atomic mass is 9.98. The zero-order valence-corrected chi connectivity index (χ0v) is 17.8. The van der Waals surface area contributed by atoms with Crippen molar-refractivity contribution in [2.45, 2.75) is 32.8 Å². The Labute approximate surface area is 180 Å². The van der Waals surface area contributed by atoms with Crippen molar-refractivity contribution >= 4 is 29.3 Å². The number of fused-ring (bicyclic) bond motifs is 1. The third-order valence-electron chi connectivity index (χ3n) is 4.73. The molecular weight excluding hydrogens is 396 g/mol. The summed E-state index contributed by atoms with van der Waals surface area (Å²) < 4.78 is 5.30. The second-order valence-corrected chi connectivity index (χ2v) is 8.38. The van der Waals surface area contributed by atoms with Gasteiger partial charge in [-0.05, 0) is 63.1 Å². The molecule has 0 aromatic heterocycles. The monoisotopic (exact) mass is 422 g/mol. The molecule has 0 radical (unpaired) electrons. The van der Waals surface area contributed by atoms with E-state index in [2.05, 4.69) is 5.32 Å². The van der Waals surface area contributed by atoms with Crippen molar-refractivity contribution in [1.29, 1.82) is 5.41 Å². The van der Waals surface area contributed by atoms with Gasteiger partial charge in [-0.15, -0.1) is 0 Å². The molecule has 8 nitrogen and oxygen atoms in total. The first-order valence-electron chi connectivity index (χ1n) is 9.93. The topological polar surface area (TPSA) is 126 Å². The second-order valence-electron chi connectivity index (χ2n) is 8.38. The van der Waals surface area contributed by atoms with Gasteiger partial charge in [-0.2, -0.15) is 0 Å². The quantitative estimate of drug-likeness (QED) is 0.388. The SMILES string of the molecule is CC(C)(C)OC(=O)CN1CCc2cc(NC(=O)c3ccc(C(=N)N)cc3)ccc2C1=O. The first kappa shape index (κ1) is 22.0. The van der Waals surface area contributed by atoms with Crippen LogP contribution < -0.4 is 11.1 Å². The van der Waals surface area contributed by atoms with Gasteiger partial charge in [0.15, 0.2) is 0 Å². The van der Waals surface area contributed by atoms with Crippen LogP contribution in [0.5, 0.6) is 0 Å². The highest BCUT2D eigenvalue weighted by atomic mass is 16.6. The maximum atomic E-state index is 12.8. The van der Waals surface area contributed by atoms with Crippen LogP contribution in [0.1, 0.15) is 52.6 Å². The number of esters is 1. The van der Waals surface area contributed by atoms with Gasteiger partial charge >= 0.3 is 5.97 Å². The molecule has 1 aliphatic heterocycles. The smallest absolute Gasteiger partial charge is 0.326 e. The van der Waals surface area contributed by atoms with E-state index >= 15 is 0 Å². The van der Waals surface area contributed by atoms with Crippen LogP contribution in [0.2, 0.25) is 0 Å². The fourth-order valence-electron chi connectivity index (χ4n) is 3.30. The van der Waals surface area contributed by atoms with Crippen LogP contribution in [-0.4, -0.2) is 47.2 Å². The Balaban J connectivity index is 1.67. The van der Waals surface area contributed by atoms with E-state index in [0.29, 0.717) is 35.3 Å². The Morgan fingerprint density at radius 1 is 1.13 bits per heavy atom. The molecule has 2 amide bonds. The number of rotatable bonds is 5. The summed E-state index contributed by atoms with van der Waals surface area (Å²) in [5, 5.41) is 10.2. The van der Waals surface area contributed by atoms with Crippen LogP contribution in [0, 0.1) is 5.41 Å². The van der Waals surface area contributed by atoms with Crippen molar-refractivity contribution in [2.24, 2.45) is 5.73 Å². The molecule has 0 unspecified atom stereocenters. The number of ether oxygens (including phenoxy) is 1. The predicted octanol–water partition coefficient (Wildman–Crippen LogP) is 2.56. The summed E-state index contributed by atoms with van der Waals surface area (Å²) in [5.41, 5.74) is 7.70. The zero-order valence-electron chi connectivity index (χ0n) is 17.8. The number of hydrogen-bond acceptors (Lipinski definition) is 5. The van der Waals surface area contributed by atoms with E-state index in [0.717, 1.165) is 5.56 Å². The van der Waals surface area contributed by atoms with Crippen LogP contribution in [0.3, 0.4) is 0 Å². The number of nitrogen functional groups attached to an aromatic ring is 1. The molecule has 0 spiro atoms. The van der Waals surface area contributed by atoms with E-state index in [1.807, 2.05) is 0 Å². The molecule has 0 aliphatic carbocycles. The molecule has 162 valence electrons. The minimum Gasteiger partial charge on any atom is -0.459 e. The molecule has 31 heavy (non-hydrogen) atoms. The molecule has 3 rings (SSSR count). The van der Waals surface area contributed by atoms with Crippen LogP contribution in [-0.2, 0) is 16.0 Å². The Morgan fingerprint density at radius 3 is 2.39 bits per heavy atom. The van der Waals surface area contributed by atoms with Gasteiger partial charge in [0.1, 0.15) is 18.0 Å². The van der Waals surface area contributed by atoms with Crippen molar-refractivity contribution < 1.29 is 19.1 Å². The molecule has 0 atom stereocenters. The molecular formula is C23H26N4O4. The lowest BCUT2D eigenvalue weighted by molar-refractivity contribution is -0.155. The van der Waals surface area contributed by atoms with Crippen LogP contribution >= 0.6 is 0 Å². The normalized spacial score (nSPS) is 13.4. The maximum absolute atomic E-state index is 12.8. The Morgan fingerprint density at radius 2 is 1.77 bits per heavy atom. The van der Waals surface area contributed by atoms with E-state index in [4.69, 9.17) is 15.9 Å². The number of amidine groups is 1. The van der Waals surface area contributed by atoms with Crippen molar-refractivity contribution in [3.63, 3.8) is 0 Å². The molecule has 2 aromatic rings. The largest absolute Gasteiger partial charge is 0.459 e. The van der Waals surface area contributed by atoms with E-state index < -0.39 is 11.6 Å². The molecule has 0 saturated heterocycles. The van der Waals surface area contributed by atoms with E-state index in [1.165, 1.54) is 4.90 Å². The average molecular weight is 422 g/mol. The third-order valence-corrected chi connectivity index (χ3v) is 4.73. The summed E-state index contributed by atoms with van der Waals surface area (Å²) in [7, 11) is 0. The molecule has 1 heterocycles. The molecule has 4 N–H and O–H groups in total. The zero-order chi connectivity index (χ0) is 22.8. The van der Waals surface area contributed by atoms with Crippen LogP contribution in [0.4, 0.5) is 5.69 Å². The highest BCUT2D eigenvalue weighted by Crippen LogP contribution is 2.23. The minimum atomic E-state index is -0.604. The Hall–Kier alpha value is -3.68. The highest BCUT2D eigenvalue weighted by Gasteiger charge is 2.28. The van der Waals surface area contributed by atoms with Crippen LogP contribution in [0.25, 0.3) is 0 Å². The van der Waals surface area contributed by atoms with E-state index in [9.17, 15) is 14.4 Å². The van der Waals surface area contributed by atoms with Gasteiger partial charge < -0.3 is 20.7 Å². The van der Waals surface area contributed by atoms with Gasteiger partial charge in [0.25, 0.3) is 11.8 Å². The lowest BCUT2D eigenvalue weighted by Crippen LogP contribution is -2.42. The molecule has 0 bridgehead atoms. The van der Waals surface area contributed by atoms with Crippen molar-refractivity contribution in [3.8, 4) is 0 Å². The molecule has 0 fully saturated rings. The summed E-state index contributed by atoms with van der Waals surface area (Å²) in [6, 6.07) is 11.5. The minimum absolute atomic E-state index is 0.0629. The number of carbonyl (C=O) groups is 3. The summed E-state index contributed by atoms with van der Waals surface area (Å²) in [4.78, 5) is 38.8. The Kier molecular flexibility index (Phi) is 6.10. The van der Waals surface area contributed by atoms with Crippen LogP contribution in [0.15, 0.2) is 42.5 Å². The highest BCUT2D eigenvalue weighted by molar-refractivity contribution is 6.06.